The Morgan fingerprint density at radius 1 is 1.16 bits per heavy atom. The van der Waals surface area contributed by atoms with Gasteiger partial charge >= 0.3 is 12.1 Å². The summed E-state index contributed by atoms with van der Waals surface area (Å²) in [6.45, 7) is -0.318. The lowest BCUT2D eigenvalue weighted by Crippen LogP contribution is -2.48. The third-order valence-corrected chi connectivity index (χ3v) is 5.81. The van der Waals surface area contributed by atoms with Gasteiger partial charge in [-0.05, 0) is 24.3 Å². The van der Waals surface area contributed by atoms with Crippen LogP contribution in [0, 0.1) is 11.3 Å². The lowest BCUT2D eigenvalue weighted by molar-refractivity contribution is -0.138. The maximum Gasteiger partial charge on any atom is 0.416 e. The molecule has 2 aromatic carbocycles. The number of carbonyl (C=O) groups excluding carboxylic acids is 2. The van der Waals surface area contributed by atoms with Crippen LogP contribution < -0.4 is 16.0 Å². The van der Waals surface area contributed by atoms with E-state index in [1.807, 2.05) is 6.07 Å². The number of para-hydroxylation sites is 1. The number of ether oxygens (including phenoxy) is 1. The van der Waals surface area contributed by atoms with Crippen LogP contribution in [0.5, 0.6) is 0 Å². The molecule has 0 fully saturated rings. The number of nitrogens with zero attached hydrogens (tertiary/aromatic N) is 2. The van der Waals surface area contributed by atoms with E-state index in [0.717, 1.165) is 12.1 Å². The highest BCUT2D eigenvalue weighted by Gasteiger charge is 2.62. The van der Waals surface area contributed by atoms with E-state index in [1.165, 1.54) is 17.0 Å². The van der Waals surface area contributed by atoms with Gasteiger partial charge in [-0.1, -0.05) is 24.3 Å². The molecule has 1 atom stereocenters. The summed E-state index contributed by atoms with van der Waals surface area (Å²) in [6.07, 6.45) is -4.62. The Morgan fingerprint density at radius 3 is 2.62 bits per heavy atom. The number of fused-ring (bicyclic) bond motifs is 3. The fourth-order valence-electron chi connectivity index (χ4n) is 4.53. The number of nitriles is 1. The van der Waals surface area contributed by atoms with Crippen molar-refractivity contribution in [2.24, 2.45) is 5.73 Å². The zero-order chi connectivity index (χ0) is 22.8. The van der Waals surface area contributed by atoms with Gasteiger partial charge in [-0.3, -0.25) is 9.69 Å². The highest BCUT2D eigenvalue weighted by atomic mass is 19.4. The maximum atomic E-state index is 13.3. The molecule has 3 heterocycles. The van der Waals surface area contributed by atoms with E-state index in [0.29, 0.717) is 11.3 Å². The Morgan fingerprint density at radius 2 is 1.91 bits per heavy atom. The van der Waals surface area contributed by atoms with Crippen molar-refractivity contribution in [1.82, 2.24) is 0 Å². The zero-order valence-corrected chi connectivity index (χ0v) is 16.2. The number of hydrogen-bond acceptors (Lipinski definition) is 6. The summed E-state index contributed by atoms with van der Waals surface area (Å²) in [6, 6.07) is 12.8. The van der Waals surface area contributed by atoms with E-state index in [9.17, 15) is 28.0 Å². The lowest BCUT2D eigenvalue weighted by atomic mass is 9.67. The average Bonchev–Trinajstić information content (AvgIpc) is 3.26. The van der Waals surface area contributed by atoms with Gasteiger partial charge in [0.25, 0.3) is 0 Å². The number of cyclic esters (lactones) is 1. The summed E-state index contributed by atoms with van der Waals surface area (Å²) >= 11 is 0. The molecule has 0 saturated heterocycles. The number of amides is 1. The van der Waals surface area contributed by atoms with Gasteiger partial charge in [0.05, 0.1) is 22.4 Å². The molecule has 5 rings (SSSR count). The van der Waals surface area contributed by atoms with Crippen molar-refractivity contribution in [2.45, 2.75) is 11.6 Å². The quantitative estimate of drug-likeness (QED) is 0.663. The monoisotopic (exact) mass is 438 g/mol. The lowest BCUT2D eigenvalue weighted by Gasteiger charge is -2.38. The fraction of sp³-hybridized carbons (Fsp3) is 0.136. The molecule has 3 N–H and O–H groups in total. The van der Waals surface area contributed by atoms with E-state index in [2.05, 4.69) is 5.32 Å². The van der Waals surface area contributed by atoms with E-state index >= 15 is 0 Å². The third kappa shape index (κ3) is 2.36. The minimum atomic E-state index is -4.62. The number of esters is 1. The highest BCUT2D eigenvalue weighted by molar-refractivity contribution is 6.18. The summed E-state index contributed by atoms with van der Waals surface area (Å²) < 4.78 is 45.1. The summed E-state index contributed by atoms with van der Waals surface area (Å²) in [5.41, 5.74) is 3.97. The predicted molar refractivity (Wildman–Crippen MR) is 105 cm³/mol. The fourth-order valence-corrected chi connectivity index (χ4v) is 4.53. The average molecular weight is 438 g/mol. The van der Waals surface area contributed by atoms with Gasteiger partial charge in [-0.25, -0.2) is 4.79 Å². The van der Waals surface area contributed by atoms with Gasteiger partial charge < -0.3 is 15.8 Å². The van der Waals surface area contributed by atoms with Crippen LogP contribution in [0.3, 0.4) is 0 Å². The van der Waals surface area contributed by atoms with Crippen molar-refractivity contribution in [1.29, 1.82) is 5.26 Å². The minimum absolute atomic E-state index is 0.0163. The molecule has 1 amide bonds. The highest BCUT2D eigenvalue weighted by Crippen LogP contribution is 2.54. The third-order valence-electron chi connectivity index (χ3n) is 5.81. The Bertz CT molecular complexity index is 1320. The maximum absolute atomic E-state index is 13.3. The number of nitrogens with one attached hydrogen (secondary N) is 1. The largest absolute Gasteiger partial charge is 0.456 e. The molecule has 0 radical (unpaired) electrons. The molecule has 1 spiro atoms. The van der Waals surface area contributed by atoms with Gasteiger partial charge in [0.1, 0.15) is 23.9 Å². The van der Waals surface area contributed by atoms with Gasteiger partial charge in [-0.2, -0.15) is 18.4 Å². The molecule has 7 nitrogen and oxygen atoms in total. The Labute approximate surface area is 179 Å². The van der Waals surface area contributed by atoms with Crippen LogP contribution in [0.25, 0.3) is 0 Å². The van der Waals surface area contributed by atoms with Crippen LogP contribution in [0.4, 0.5) is 24.5 Å². The summed E-state index contributed by atoms with van der Waals surface area (Å²) in [5.74, 6) is -1.76. The Balaban J connectivity index is 1.82. The topological polar surface area (TPSA) is 108 Å². The van der Waals surface area contributed by atoms with Crippen molar-refractivity contribution < 1.29 is 27.5 Å². The minimum Gasteiger partial charge on any atom is -0.456 e. The second-order valence-corrected chi connectivity index (χ2v) is 7.40. The second-order valence-electron chi connectivity index (χ2n) is 7.40. The number of hydrogen-bond donors (Lipinski definition) is 2. The van der Waals surface area contributed by atoms with Crippen LogP contribution in [0.2, 0.25) is 0 Å². The van der Waals surface area contributed by atoms with E-state index in [4.69, 9.17) is 10.5 Å². The van der Waals surface area contributed by atoms with Crippen molar-refractivity contribution in [3.05, 3.63) is 82.3 Å². The number of carbonyl (C=O) groups is 2. The van der Waals surface area contributed by atoms with Crippen LogP contribution in [-0.2, 0) is 25.9 Å². The molecule has 32 heavy (non-hydrogen) atoms. The van der Waals surface area contributed by atoms with Gasteiger partial charge in [0.2, 0.25) is 5.91 Å². The summed E-state index contributed by atoms with van der Waals surface area (Å²) in [4.78, 5) is 27.3. The summed E-state index contributed by atoms with van der Waals surface area (Å²) in [7, 11) is 0. The summed E-state index contributed by atoms with van der Waals surface area (Å²) in [5, 5.41) is 12.7. The first-order chi connectivity index (χ1) is 15.2. The standard InChI is InChI=1S/C22H13F3N4O3/c23-22(24,25)11-4-3-5-12(8-11)29-16-10-32-19(30)17(16)21(14(9-26)18(29)27)13-6-1-2-7-15(13)28-20(21)31/h1-8H,10,27H2,(H,28,31). The van der Waals surface area contributed by atoms with Crippen molar-refractivity contribution >= 4 is 23.3 Å². The molecule has 2 aromatic rings. The Hall–Kier alpha value is -4.26. The van der Waals surface area contributed by atoms with Crippen LogP contribution in [0.1, 0.15) is 11.1 Å². The molecular formula is C22H13F3N4O3. The molecule has 3 aliphatic heterocycles. The number of anilines is 2. The smallest absolute Gasteiger partial charge is 0.416 e. The Kier molecular flexibility index (Phi) is 3.92. The molecule has 0 aliphatic carbocycles. The number of benzene rings is 2. The number of halogens is 3. The van der Waals surface area contributed by atoms with Gasteiger partial charge in [-0.15, -0.1) is 0 Å². The molecule has 0 aromatic heterocycles. The van der Waals surface area contributed by atoms with Gasteiger partial charge in [0, 0.05) is 16.9 Å². The molecule has 0 saturated carbocycles. The van der Waals surface area contributed by atoms with Crippen molar-refractivity contribution in [3.63, 3.8) is 0 Å². The first-order valence-electron chi connectivity index (χ1n) is 9.40. The molecule has 10 heteroatoms. The van der Waals surface area contributed by atoms with Gasteiger partial charge in [0.15, 0.2) is 0 Å². The van der Waals surface area contributed by atoms with Crippen molar-refractivity contribution in [3.8, 4) is 6.07 Å². The van der Waals surface area contributed by atoms with Crippen LogP contribution >= 0.6 is 0 Å². The van der Waals surface area contributed by atoms with E-state index < -0.39 is 29.0 Å². The number of rotatable bonds is 1. The first-order valence-corrected chi connectivity index (χ1v) is 9.40. The predicted octanol–water partition coefficient (Wildman–Crippen LogP) is 2.92. The van der Waals surface area contributed by atoms with E-state index in [-0.39, 0.29) is 35.0 Å². The van der Waals surface area contributed by atoms with Crippen LogP contribution in [0.15, 0.2) is 71.2 Å². The molecule has 3 aliphatic rings. The van der Waals surface area contributed by atoms with Crippen LogP contribution in [-0.4, -0.2) is 18.5 Å². The zero-order valence-electron chi connectivity index (χ0n) is 16.2. The number of nitrogens with two attached hydrogens (primary N) is 1. The molecular weight excluding hydrogens is 425 g/mol. The van der Waals surface area contributed by atoms with E-state index in [1.54, 1.807) is 24.3 Å². The molecule has 1 unspecified atom stereocenters. The number of alkyl halides is 3. The molecule has 0 bridgehead atoms. The second kappa shape index (κ2) is 6.37. The van der Waals surface area contributed by atoms with Crippen molar-refractivity contribution in [2.75, 3.05) is 16.8 Å². The SMILES string of the molecule is N#CC1=C(N)N(c2cccc(C(F)(F)F)c2)C2=C(C(=O)OC2)C12C(=O)Nc1ccccc12. The normalized spacial score (nSPS) is 22.0. The first kappa shape index (κ1) is 19.7. The molecule has 160 valence electrons.